The molecule has 0 aromatic heterocycles. The number of carbonyl (C=O) groups excluding carboxylic acids is 1. The Hall–Kier alpha value is -0.770. The number of alkyl carbamates (subject to hydrolysis) is 1. The minimum atomic E-state index is -0.563. The Labute approximate surface area is 142 Å². The molecule has 0 aliphatic heterocycles. The van der Waals surface area contributed by atoms with Crippen LogP contribution in [0.3, 0.4) is 0 Å². The second-order valence-corrected chi connectivity index (χ2v) is 8.39. The SMILES string of the molecule is C1CCCCCC1.CC1(O)CCC(NC(=O)OC(C)(C)C)CC1. The Morgan fingerprint density at radius 3 is 1.74 bits per heavy atom. The van der Waals surface area contributed by atoms with Gasteiger partial charge in [0.05, 0.1) is 5.60 Å². The molecule has 2 N–H and O–H groups in total. The van der Waals surface area contributed by atoms with Gasteiger partial charge in [-0.1, -0.05) is 44.9 Å². The van der Waals surface area contributed by atoms with Crippen LogP contribution in [0.4, 0.5) is 4.79 Å². The highest BCUT2D eigenvalue weighted by molar-refractivity contribution is 5.68. The van der Waals surface area contributed by atoms with Crippen LogP contribution >= 0.6 is 0 Å². The first-order valence-corrected chi connectivity index (χ1v) is 9.40. The fourth-order valence-corrected chi connectivity index (χ4v) is 3.10. The minimum Gasteiger partial charge on any atom is -0.444 e. The number of aliphatic hydroxyl groups is 1. The third-order valence-corrected chi connectivity index (χ3v) is 4.53. The van der Waals surface area contributed by atoms with Crippen molar-refractivity contribution in [2.75, 3.05) is 0 Å². The van der Waals surface area contributed by atoms with Crippen molar-refractivity contribution in [2.45, 2.75) is 116 Å². The number of hydrogen-bond donors (Lipinski definition) is 2. The Balaban J connectivity index is 0.000000313. The zero-order valence-electron chi connectivity index (χ0n) is 15.6. The lowest BCUT2D eigenvalue weighted by Crippen LogP contribution is -2.44. The molecule has 23 heavy (non-hydrogen) atoms. The van der Waals surface area contributed by atoms with E-state index in [1.807, 2.05) is 27.7 Å². The van der Waals surface area contributed by atoms with Crippen LogP contribution in [0.2, 0.25) is 0 Å². The van der Waals surface area contributed by atoms with Crippen LogP contribution < -0.4 is 5.32 Å². The van der Waals surface area contributed by atoms with Crippen molar-refractivity contribution in [1.29, 1.82) is 0 Å². The summed E-state index contributed by atoms with van der Waals surface area (Å²) in [6.07, 6.45) is 13.2. The predicted octanol–water partition coefficient (Wildman–Crippen LogP) is 4.94. The standard InChI is InChI=1S/C12H23NO3.C7H14/c1-11(2,3)16-10(14)13-9-5-7-12(4,15)8-6-9;1-2-4-6-7-5-3-1/h9,15H,5-8H2,1-4H3,(H,13,14);1-7H2. The first kappa shape index (κ1) is 20.3. The largest absolute Gasteiger partial charge is 0.444 e. The van der Waals surface area contributed by atoms with E-state index < -0.39 is 11.2 Å². The number of ether oxygens (including phenoxy) is 1. The lowest BCUT2D eigenvalue weighted by molar-refractivity contribution is 0.00938. The Morgan fingerprint density at radius 2 is 1.39 bits per heavy atom. The molecule has 0 aromatic carbocycles. The molecule has 0 heterocycles. The van der Waals surface area contributed by atoms with E-state index in [0.29, 0.717) is 0 Å². The van der Waals surface area contributed by atoms with Gasteiger partial charge in [-0.05, 0) is 53.4 Å². The molecule has 0 radical (unpaired) electrons. The summed E-state index contributed by atoms with van der Waals surface area (Å²) >= 11 is 0. The van der Waals surface area contributed by atoms with Gasteiger partial charge in [0.2, 0.25) is 0 Å². The van der Waals surface area contributed by atoms with Crippen LogP contribution in [-0.4, -0.2) is 28.4 Å². The van der Waals surface area contributed by atoms with Gasteiger partial charge in [-0.2, -0.15) is 0 Å². The molecule has 136 valence electrons. The molecule has 2 aliphatic rings. The maximum absolute atomic E-state index is 11.5. The normalized spacial score (nSPS) is 28.8. The molecule has 2 rings (SSSR count). The molecule has 4 heteroatoms. The van der Waals surface area contributed by atoms with E-state index in [0.717, 1.165) is 25.7 Å². The summed E-state index contributed by atoms with van der Waals surface area (Å²) in [5, 5.41) is 12.6. The molecule has 1 amide bonds. The molecule has 2 aliphatic carbocycles. The molecule has 0 atom stereocenters. The number of rotatable bonds is 1. The molecule has 2 saturated carbocycles. The highest BCUT2D eigenvalue weighted by Gasteiger charge is 2.30. The molecule has 0 aromatic rings. The minimum absolute atomic E-state index is 0.134. The molecular weight excluding hydrogens is 290 g/mol. The average Bonchev–Trinajstić information content (AvgIpc) is 2.72. The average molecular weight is 328 g/mol. The predicted molar refractivity (Wildman–Crippen MR) is 94.6 cm³/mol. The number of nitrogens with one attached hydrogen (secondary N) is 1. The van der Waals surface area contributed by atoms with Crippen molar-refractivity contribution in [3.8, 4) is 0 Å². The topological polar surface area (TPSA) is 58.6 Å². The highest BCUT2D eigenvalue weighted by Crippen LogP contribution is 2.27. The molecule has 0 saturated heterocycles. The van der Waals surface area contributed by atoms with Crippen molar-refractivity contribution < 1.29 is 14.6 Å². The van der Waals surface area contributed by atoms with Crippen LogP contribution in [0.25, 0.3) is 0 Å². The molecule has 4 nitrogen and oxygen atoms in total. The summed E-state index contributed by atoms with van der Waals surface area (Å²) in [5.74, 6) is 0. The summed E-state index contributed by atoms with van der Waals surface area (Å²) in [7, 11) is 0. The van der Waals surface area contributed by atoms with E-state index in [-0.39, 0.29) is 12.1 Å². The van der Waals surface area contributed by atoms with Crippen LogP contribution in [-0.2, 0) is 4.74 Å². The van der Waals surface area contributed by atoms with Crippen LogP contribution in [0.5, 0.6) is 0 Å². The Morgan fingerprint density at radius 1 is 1.00 bits per heavy atom. The smallest absolute Gasteiger partial charge is 0.407 e. The first-order chi connectivity index (χ1) is 10.7. The van der Waals surface area contributed by atoms with Gasteiger partial charge < -0.3 is 15.2 Å². The fraction of sp³-hybridized carbons (Fsp3) is 0.947. The first-order valence-electron chi connectivity index (χ1n) is 9.40. The second-order valence-electron chi connectivity index (χ2n) is 8.39. The van der Waals surface area contributed by atoms with Gasteiger partial charge in [-0.25, -0.2) is 4.79 Å². The summed E-state index contributed by atoms with van der Waals surface area (Å²) < 4.78 is 5.18. The quantitative estimate of drug-likeness (QED) is 0.671. The maximum atomic E-state index is 11.5. The van der Waals surface area contributed by atoms with Gasteiger partial charge in [0, 0.05) is 6.04 Å². The Kier molecular flexibility index (Phi) is 8.38. The summed E-state index contributed by atoms with van der Waals surface area (Å²) in [6, 6.07) is 0.134. The van der Waals surface area contributed by atoms with E-state index in [9.17, 15) is 9.90 Å². The van der Waals surface area contributed by atoms with E-state index in [1.54, 1.807) is 0 Å². The van der Waals surface area contributed by atoms with Gasteiger partial charge >= 0.3 is 6.09 Å². The van der Waals surface area contributed by atoms with Crippen LogP contribution in [0.1, 0.15) is 98.3 Å². The van der Waals surface area contributed by atoms with Crippen molar-refractivity contribution in [1.82, 2.24) is 5.32 Å². The van der Waals surface area contributed by atoms with E-state index in [4.69, 9.17) is 4.74 Å². The van der Waals surface area contributed by atoms with Crippen LogP contribution in [0.15, 0.2) is 0 Å². The molecule has 2 fully saturated rings. The summed E-state index contributed by atoms with van der Waals surface area (Å²) in [6.45, 7) is 7.38. The highest BCUT2D eigenvalue weighted by atomic mass is 16.6. The molecule has 0 unspecified atom stereocenters. The van der Waals surface area contributed by atoms with Crippen molar-refractivity contribution >= 4 is 6.09 Å². The maximum Gasteiger partial charge on any atom is 0.407 e. The van der Waals surface area contributed by atoms with Gasteiger partial charge in [-0.3, -0.25) is 0 Å². The zero-order chi connectivity index (χ0) is 17.3. The molecular formula is C19H37NO3. The number of amides is 1. The third kappa shape index (κ3) is 10.6. The summed E-state index contributed by atoms with van der Waals surface area (Å²) in [5.41, 5.74) is -1.02. The lowest BCUT2D eigenvalue weighted by Gasteiger charge is -2.33. The third-order valence-electron chi connectivity index (χ3n) is 4.53. The zero-order valence-corrected chi connectivity index (χ0v) is 15.6. The molecule has 0 spiro atoms. The monoisotopic (exact) mass is 327 g/mol. The number of carbonyl (C=O) groups is 1. The summed E-state index contributed by atoms with van der Waals surface area (Å²) in [4.78, 5) is 11.5. The van der Waals surface area contributed by atoms with Gasteiger partial charge in [0.1, 0.15) is 5.60 Å². The van der Waals surface area contributed by atoms with Crippen molar-refractivity contribution in [3.05, 3.63) is 0 Å². The van der Waals surface area contributed by atoms with E-state index in [1.165, 1.54) is 44.9 Å². The molecule has 0 bridgehead atoms. The van der Waals surface area contributed by atoms with E-state index >= 15 is 0 Å². The second kappa shape index (κ2) is 9.51. The fourth-order valence-electron chi connectivity index (χ4n) is 3.10. The van der Waals surface area contributed by atoms with Gasteiger partial charge in [0.25, 0.3) is 0 Å². The van der Waals surface area contributed by atoms with Crippen molar-refractivity contribution in [3.63, 3.8) is 0 Å². The van der Waals surface area contributed by atoms with Gasteiger partial charge in [0.15, 0.2) is 0 Å². The van der Waals surface area contributed by atoms with Crippen molar-refractivity contribution in [2.24, 2.45) is 0 Å². The van der Waals surface area contributed by atoms with Gasteiger partial charge in [-0.15, -0.1) is 0 Å². The number of hydrogen-bond acceptors (Lipinski definition) is 3. The van der Waals surface area contributed by atoms with E-state index in [2.05, 4.69) is 5.32 Å². The van der Waals surface area contributed by atoms with Crippen LogP contribution in [0, 0.1) is 0 Å². The lowest BCUT2D eigenvalue weighted by atomic mass is 9.84. The Bertz CT molecular complexity index is 317.